The Hall–Kier alpha value is -4.02. The number of imidazole rings is 1. The van der Waals surface area contributed by atoms with Gasteiger partial charge in [0.05, 0.1) is 22.2 Å². The molecule has 0 spiro atoms. The molecule has 1 aromatic carbocycles. The van der Waals surface area contributed by atoms with Crippen molar-refractivity contribution in [2.45, 2.75) is 0 Å². The zero-order chi connectivity index (χ0) is 17.8. The van der Waals surface area contributed by atoms with Gasteiger partial charge in [-0.05, 0) is 18.2 Å². The Morgan fingerprint density at radius 2 is 2.08 bits per heavy atom. The zero-order valence-electron chi connectivity index (χ0n) is 12.4. The molecule has 0 saturated carbocycles. The lowest BCUT2D eigenvalue weighted by molar-refractivity contribution is -0.393. The molecule has 0 amide bonds. The maximum atomic E-state index is 11.2. The van der Waals surface area contributed by atoms with E-state index in [1.54, 1.807) is 18.3 Å². The third kappa shape index (κ3) is 3.34. The first-order valence-electron chi connectivity index (χ1n) is 6.86. The number of aromatic nitrogens is 2. The second kappa shape index (κ2) is 6.62. The SMILES string of the molecule is O=[N+]([O-])c1ccc(N/N=C(\c2ncc[nH]2)c2ccco2)c([N+](=O)[O-])c1. The zero-order valence-corrected chi connectivity index (χ0v) is 12.4. The number of hydrazone groups is 1. The van der Waals surface area contributed by atoms with Crippen LogP contribution in [0.1, 0.15) is 11.6 Å². The maximum Gasteiger partial charge on any atom is 0.301 e. The molecule has 11 heteroatoms. The minimum Gasteiger partial charge on any atom is -0.463 e. The predicted octanol–water partition coefficient (Wildman–Crippen LogP) is 2.68. The lowest BCUT2D eigenvalue weighted by Gasteiger charge is -2.04. The summed E-state index contributed by atoms with van der Waals surface area (Å²) in [7, 11) is 0. The summed E-state index contributed by atoms with van der Waals surface area (Å²) < 4.78 is 5.28. The standard InChI is InChI=1S/C14H10N6O5/c21-19(22)9-3-4-10(11(8-9)20(23)24)17-18-13(12-2-1-7-25-12)14-15-5-6-16-14/h1-8,17H,(H,15,16)/b18-13-. The fraction of sp³-hybridized carbons (Fsp3) is 0. The highest BCUT2D eigenvalue weighted by molar-refractivity contribution is 6.09. The molecule has 25 heavy (non-hydrogen) atoms. The average Bonchev–Trinajstić information content (AvgIpc) is 3.29. The van der Waals surface area contributed by atoms with Gasteiger partial charge < -0.3 is 9.40 Å². The third-order valence-corrected chi connectivity index (χ3v) is 3.15. The average molecular weight is 342 g/mol. The van der Waals surface area contributed by atoms with Gasteiger partial charge in [0.2, 0.25) is 0 Å². The number of furan rings is 1. The number of benzene rings is 1. The van der Waals surface area contributed by atoms with Crippen LogP contribution in [0.2, 0.25) is 0 Å². The van der Waals surface area contributed by atoms with Gasteiger partial charge in [-0.15, -0.1) is 0 Å². The van der Waals surface area contributed by atoms with E-state index < -0.39 is 21.2 Å². The fourth-order valence-electron chi connectivity index (χ4n) is 2.03. The summed E-state index contributed by atoms with van der Waals surface area (Å²) in [4.78, 5) is 27.4. The van der Waals surface area contributed by atoms with Crippen LogP contribution in [-0.2, 0) is 0 Å². The van der Waals surface area contributed by atoms with Gasteiger partial charge in [0.1, 0.15) is 5.69 Å². The van der Waals surface area contributed by atoms with E-state index in [-0.39, 0.29) is 11.4 Å². The fourth-order valence-corrected chi connectivity index (χ4v) is 2.03. The number of nitro groups is 2. The van der Waals surface area contributed by atoms with Crippen LogP contribution in [-0.4, -0.2) is 25.5 Å². The van der Waals surface area contributed by atoms with E-state index in [1.807, 2.05) is 0 Å². The number of nitrogens with zero attached hydrogens (tertiary/aromatic N) is 4. The highest BCUT2D eigenvalue weighted by Gasteiger charge is 2.20. The Labute approximate surface area is 139 Å². The number of non-ortho nitro benzene ring substituents is 1. The van der Waals surface area contributed by atoms with Crippen molar-refractivity contribution in [1.29, 1.82) is 0 Å². The summed E-state index contributed by atoms with van der Waals surface area (Å²) in [5.74, 6) is 0.763. The van der Waals surface area contributed by atoms with Gasteiger partial charge in [0.15, 0.2) is 17.3 Å². The van der Waals surface area contributed by atoms with Gasteiger partial charge in [-0.1, -0.05) is 0 Å². The summed E-state index contributed by atoms with van der Waals surface area (Å²) in [5, 5.41) is 26.0. The Bertz CT molecular complexity index is 897. The number of nitro benzene ring substituents is 2. The molecule has 3 rings (SSSR count). The Morgan fingerprint density at radius 1 is 1.24 bits per heavy atom. The van der Waals surface area contributed by atoms with Crippen LogP contribution in [0.25, 0.3) is 0 Å². The summed E-state index contributed by atoms with van der Waals surface area (Å²) in [6, 6.07) is 6.51. The van der Waals surface area contributed by atoms with E-state index in [4.69, 9.17) is 4.42 Å². The molecule has 126 valence electrons. The summed E-state index contributed by atoms with van der Waals surface area (Å²) >= 11 is 0. The highest BCUT2D eigenvalue weighted by atomic mass is 16.6. The summed E-state index contributed by atoms with van der Waals surface area (Å²) in [5.41, 5.74) is 1.95. The smallest absolute Gasteiger partial charge is 0.301 e. The van der Waals surface area contributed by atoms with E-state index >= 15 is 0 Å². The van der Waals surface area contributed by atoms with Crippen molar-refractivity contribution in [3.63, 3.8) is 0 Å². The largest absolute Gasteiger partial charge is 0.463 e. The number of hydrogen-bond donors (Lipinski definition) is 2. The minimum absolute atomic E-state index is 0.00814. The van der Waals surface area contributed by atoms with E-state index in [2.05, 4.69) is 20.5 Å². The molecule has 3 aromatic rings. The van der Waals surface area contributed by atoms with Gasteiger partial charge in [-0.25, -0.2) is 4.98 Å². The first-order valence-corrected chi connectivity index (χ1v) is 6.86. The highest BCUT2D eigenvalue weighted by Crippen LogP contribution is 2.29. The second-order valence-electron chi connectivity index (χ2n) is 4.70. The van der Waals surface area contributed by atoms with Crippen LogP contribution in [0, 0.1) is 20.2 Å². The van der Waals surface area contributed by atoms with Gasteiger partial charge in [0, 0.05) is 18.5 Å². The maximum absolute atomic E-state index is 11.2. The molecule has 0 atom stereocenters. The number of hydrogen-bond acceptors (Lipinski definition) is 8. The van der Waals surface area contributed by atoms with E-state index in [0.717, 1.165) is 12.1 Å². The summed E-state index contributed by atoms with van der Waals surface area (Å²) in [6.07, 6.45) is 4.55. The van der Waals surface area contributed by atoms with E-state index in [1.165, 1.54) is 18.5 Å². The minimum atomic E-state index is -0.732. The monoisotopic (exact) mass is 342 g/mol. The molecule has 2 aromatic heterocycles. The topological polar surface area (TPSA) is 152 Å². The normalized spacial score (nSPS) is 11.3. The van der Waals surface area contributed by atoms with Crippen LogP contribution in [0.15, 0.2) is 58.5 Å². The first kappa shape index (κ1) is 15.9. The number of aromatic amines is 1. The number of H-pyrrole nitrogens is 1. The molecule has 0 aliphatic rings. The lowest BCUT2D eigenvalue weighted by Crippen LogP contribution is -2.08. The van der Waals surface area contributed by atoms with E-state index in [9.17, 15) is 20.2 Å². The van der Waals surface area contributed by atoms with Gasteiger partial charge in [-0.2, -0.15) is 5.10 Å². The molecule has 0 bridgehead atoms. The molecular formula is C14H10N6O5. The van der Waals surface area contributed by atoms with Crippen LogP contribution in [0.3, 0.4) is 0 Å². The molecule has 2 heterocycles. The first-order chi connectivity index (χ1) is 12.1. The quantitative estimate of drug-likeness (QED) is 0.396. The molecular weight excluding hydrogens is 332 g/mol. The Balaban J connectivity index is 1.99. The molecule has 11 nitrogen and oxygen atoms in total. The van der Waals surface area contributed by atoms with Crippen molar-refractivity contribution in [2.24, 2.45) is 5.10 Å². The molecule has 0 aliphatic carbocycles. The van der Waals surface area contributed by atoms with Crippen LogP contribution >= 0.6 is 0 Å². The van der Waals surface area contributed by atoms with Crippen molar-refractivity contribution < 1.29 is 14.3 Å². The second-order valence-corrected chi connectivity index (χ2v) is 4.70. The lowest BCUT2D eigenvalue weighted by atomic mass is 10.2. The number of nitrogens with one attached hydrogen (secondary N) is 2. The molecule has 0 fully saturated rings. The van der Waals surface area contributed by atoms with Crippen LogP contribution < -0.4 is 5.43 Å². The van der Waals surface area contributed by atoms with Crippen molar-refractivity contribution >= 4 is 22.8 Å². The molecule has 2 N–H and O–H groups in total. The van der Waals surface area contributed by atoms with Gasteiger partial charge in [-0.3, -0.25) is 25.7 Å². The van der Waals surface area contributed by atoms with Gasteiger partial charge in [0.25, 0.3) is 5.69 Å². The molecule has 0 radical (unpaired) electrons. The molecule has 0 unspecified atom stereocenters. The Morgan fingerprint density at radius 3 is 2.68 bits per heavy atom. The van der Waals surface area contributed by atoms with Crippen molar-refractivity contribution in [1.82, 2.24) is 9.97 Å². The number of anilines is 1. The number of rotatable bonds is 6. The summed E-state index contributed by atoms with van der Waals surface area (Å²) in [6.45, 7) is 0. The molecule has 0 saturated heterocycles. The van der Waals surface area contributed by atoms with Crippen molar-refractivity contribution in [3.05, 3.63) is 80.8 Å². The van der Waals surface area contributed by atoms with Crippen LogP contribution in [0.5, 0.6) is 0 Å². The Kier molecular flexibility index (Phi) is 4.20. The predicted molar refractivity (Wildman–Crippen MR) is 86.3 cm³/mol. The van der Waals surface area contributed by atoms with Crippen molar-refractivity contribution in [3.8, 4) is 0 Å². The van der Waals surface area contributed by atoms with E-state index in [0.29, 0.717) is 11.6 Å². The van der Waals surface area contributed by atoms with Crippen molar-refractivity contribution in [2.75, 3.05) is 5.43 Å². The third-order valence-electron chi connectivity index (χ3n) is 3.15. The van der Waals surface area contributed by atoms with Gasteiger partial charge >= 0.3 is 5.69 Å². The van der Waals surface area contributed by atoms with Crippen LogP contribution in [0.4, 0.5) is 17.1 Å². The molecule has 0 aliphatic heterocycles.